The monoisotopic (exact) mass is 487 g/mol. The van der Waals surface area contributed by atoms with Gasteiger partial charge in [-0.15, -0.1) is 0 Å². The Morgan fingerprint density at radius 1 is 1.30 bits per heavy atom. The summed E-state index contributed by atoms with van der Waals surface area (Å²) in [4.78, 5) is 42.2. The molecule has 2 amide bonds. The predicted molar refractivity (Wildman–Crippen MR) is 126 cm³/mol. The maximum Gasteiger partial charge on any atom is 0.339 e. The Hall–Kier alpha value is -3.31. The van der Waals surface area contributed by atoms with Crippen LogP contribution in [0.3, 0.4) is 0 Å². The van der Waals surface area contributed by atoms with Crippen LogP contribution >= 0.6 is 24.0 Å². The second-order valence-electron chi connectivity index (χ2n) is 7.32. The van der Waals surface area contributed by atoms with Crippen LogP contribution in [-0.2, 0) is 9.53 Å². The van der Waals surface area contributed by atoms with Gasteiger partial charge >= 0.3 is 5.97 Å². The molecule has 0 atom stereocenters. The number of amides is 2. The number of esters is 1. The standard InChI is InChI=1S/C22H21N3O6S2/c1-11-17(21(28)29-3)12(2)24-18(11)19(26)23-6-7-25-20(27)16(33-22(25)32)9-13-4-5-14-15(8-13)31-10-30-14/h4-5,8-9,24H,6-7,10H2,1-3H3,(H,23,26)/b16-9+. The minimum atomic E-state index is -0.507. The first-order valence-corrected chi connectivity index (χ1v) is 11.2. The lowest BCUT2D eigenvalue weighted by Gasteiger charge is -2.14. The fourth-order valence-corrected chi connectivity index (χ4v) is 4.91. The number of hydrogen-bond acceptors (Lipinski definition) is 8. The van der Waals surface area contributed by atoms with Crippen LogP contribution in [0.1, 0.15) is 37.7 Å². The Kier molecular flexibility index (Phi) is 6.43. The molecule has 2 aliphatic heterocycles. The fraction of sp³-hybridized carbons (Fsp3) is 0.273. The summed E-state index contributed by atoms with van der Waals surface area (Å²) in [7, 11) is 1.29. The molecule has 1 aromatic carbocycles. The molecule has 33 heavy (non-hydrogen) atoms. The molecule has 2 aliphatic rings. The SMILES string of the molecule is COC(=O)c1c(C)[nH]c(C(=O)NCCN2C(=O)/C(=C\c3ccc4c(c3)OCO4)SC2=S)c1C. The highest BCUT2D eigenvalue weighted by atomic mass is 32.2. The van der Waals surface area contributed by atoms with E-state index >= 15 is 0 Å². The van der Waals surface area contributed by atoms with Gasteiger partial charge in [0.2, 0.25) is 6.79 Å². The Labute approximate surface area is 199 Å². The molecule has 1 aromatic heterocycles. The molecule has 0 unspecified atom stereocenters. The smallest absolute Gasteiger partial charge is 0.339 e. The van der Waals surface area contributed by atoms with Crippen molar-refractivity contribution >= 4 is 52.2 Å². The van der Waals surface area contributed by atoms with E-state index in [0.29, 0.717) is 37.5 Å². The van der Waals surface area contributed by atoms with Gasteiger partial charge in [-0.05, 0) is 43.2 Å². The van der Waals surface area contributed by atoms with E-state index < -0.39 is 5.97 Å². The van der Waals surface area contributed by atoms with Gasteiger partial charge in [-0.25, -0.2) is 4.79 Å². The molecule has 11 heteroatoms. The first kappa shape index (κ1) is 22.9. The van der Waals surface area contributed by atoms with Crippen LogP contribution in [0.2, 0.25) is 0 Å². The number of hydrogen-bond donors (Lipinski definition) is 2. The van der Waals surface area contributed by atoms with Gasteiger partial charge in [0.05, 0.1) is 17.6 Å². The normalized spacial score (nSPS) is 16.0. The summed E-state index contributed by atoms with van der Waals surface area (Å²) in [5.41, 5.74) is 2.48. The molecule has 0 saturated carbocycles. The molecule has 9 nitrogen and oxygen atoms in total. The number of nitrogens with one attached hydrogen (secondary N) is 2. The lowest BCUT2D eigenvalue weighted by Crippen LogP contribution is -2.37. The molecular formula is C22H21N3O6S2. The third-order valence-corrected chi connectivity index (χ3v) is 6.62. The minimum Gasteiger partial charge on any atom is -0.465 e. The van der Waals surface area contributed by atoms with Gasteiger partial charge in [0.1, 0.15) is 10.0 Å². The fourth-order valence-electron chi connectivity index (χ4n) is 3.60. The van der Waals surface area contributed by atoms with Crippen LogP contribution in [-0.4, -0.2) is 59.0 Å². The third kappa shape index (κ3) is 4.46. The van der Waals surface area contributed by atoms with E-state index in [2.05, 4.69) is 10.3 Å². The summed E-state index contributed by atoms with van der Waals surface area (Å²) in [5, 5.41) is 2.76. The van der Waals surface area contributed by atoms with Crippen LogP contribution in [0.4, 0.5) is 0 Å². The van der Waals surface area contributed by atoms with E-state index in [1.165, 1.54) is 23.8 Å². The molecule has 0 aliphatic carbocycles. The number of benzene rings is 1. The highest BCUT2D eigenvalue weighted by Crippen LogP contribution is 2.36. The van der Waals surface area contributed by atoms with Crippen molar-refractivity contribution in [3.63, 3.8) is 0 Å². The van der Waals surface area contributed by atoms with Gasteiger partial charge in [-0.2, -0.15) is 0 Å². The zero-order chi connectivity index (χ0) is 23.7. The average Bonchev–Trinajstić information content (AvgIpc) is 3.45. The van der Waals surface area contributed by atoms with Crippen molar-refractivity contribution in [1.82, 2.24) is 15.2 Å². The minimum absolute atomic E-state index is 0.179. The van der Waals surface area contributed by atoms with Crippen molar-refractivity contribution < 1.29 is 28.6 Å². The van der Waals surface area contributed by atoms with Gasteiger partial charge < -0.3 is 24.5 Å². The molecule has 2 aromatic rings. The average molecular weight is 488 g/mol. The van der Waals surface area contributed by atoms with Crippen LogP contribution in [0.25, 0.3) is 6.08 Å². The summed E-state index contributed by atoms with van der Waals surface area (Å²) in [6.45, 7) is 3.96. The summed E-state index contributed by atoms with van der Waals surface area (Å²) in [6.07, 6.45) is 1.75. The molecule has 1 fully saturated rings. The molecular weight excluding hydrogens is 466 g/mol. The van der Waals surface area contributed by atoms with E-state index in [9.17, 15) is 14.4 Å². The van der Waals surface area contributed by atoms with E-state index in [1.54, 1.807) is 32.1 Å². The Morgan fingerprint density at radius 2 is 2.06 bits per heavy atom. The van der Waals surface area contributed by atoms with Crippen molar-refractivity contribution in [2.75, 3.05) is 27.0 Å². The number of aryl methyl sites for hydroxylation is 1. The van der Waals surface area contributed by atoms with Crippen molar-refractivity contribution in [3.8, 4) is 11.5 Å². The van der Waals surface area contributed by atoms with Gasteiger partial charge in [-0.3, -0.25) is 14.5 Å². The second kappa shape index (κ2) is 9.28. The Morgan fingerprint density at radius 3 is 2.82 bits per heavy atom. The first-order chi connectivity index (χ1) is 15.8. The van der Waals surface area contributed by atoms with Gasteiger partial charge in [0.25, 0.3) is 11.8 Å². The van der Waals surface area contributed by atoms with Crippen LogP contribution < -0.4 is 14.8 Å². The summed E-state index contributed by atoms with van der Waals surface area (Å²) >= 11 is 6.56. The largest absolute Gasteiger partial charge is 0.465 e. The maximum absolute atomic E-state index is 12.8. The van der Waals surface area contributed by atoms with Crippen molar-refractivity contribution in [2.24, 2.45) is 0 Å². The highest BCUT2D eigenvalue weighted by Gasteiger charge is 2.32. The molecule has 4 rings (SSSR count). The second-order valence-corrected chi connectivity index (χ2v) is 8.99. The molecule has 0 spiro atoms. The van der Waals surface area contributed by atoms with Crippen LogP contribution in [0.15, 0.2) is 23.1 Å². The van der Waals surface area contributed by atoms with E-state index in [-0.39, 0.29) is 37.4 Å². The molecule has 0 bridgehead atoms. The van der Waals surface area contributed by atoms with Crippen molar-refractivity contribution in [1.29, 1.82) is 0 Å². The summed E-state index contributed by atoms with van der Waals surface area (Å²) in [5.74, 6) is 0.185. The topological polar surface area (TPSA) is 110 Å². The molecule has 1 saturated heterocycles. The van der Waals surface area contributed by atoms with Gasteiger partial charge in [-0.1, -0.05) is 30.0 Å². The van der Waals surface area contributed by atoms with Crippen molar-refractivity contribution in [2.45, 2.75) is 13.8 Å². The van der Waals surface area contributed by atoms with Crippen molar-refractivity contribution in [3.05, 3.63) is 51.2 Å². The molecule has 3 heterocycles. The zero-order valence-corrected chi connectivity index (χ0v) is 19.8. The maximum atomic E-state index is 12.8. The summed E-state index contributed by atoms with van der Waals surface area (Å²) in [6, 6.07) is 5.43. The number of H-pyrrole nitrogens is 1. The highest BCUT2D eigenvalue weighted by molar-refractivity contribution is 8.26. The summed E-state index contributed by atoms with van der Waals surface area (Å²) < 4.78 is 15.9. The third-order valence-electron chi connectivity index (χ3n) is 5.24. The van der Waals surface area contributed by atoms with Gasteiger partial charge in [0.15, 0.2) is 11.5 Å². The number of ether oxygens (including phenoxy) is 3. The van der Waals surface area contributed by atoms with Crippen LogP contribution in [0.5, 0.6) is 11.5 Å². The Balaban J connectivity index is 1.38. The number of thioether (sulfide) groups is 1. The lowest BCUT2D eigenvalue weighted by molar-refractivity contribution is -0.122. The van der Waals surface area contributed by atoms with E-state index in [1.807, 2.05) is 6.07 Å². The number of nitrogens with zero attached hydrogens (tertiary/aromatic N) is 1. The number of carbonyl (C=O) groups excluding carboxylic acids is 3. The molecule has 0 radical (unpaired) electrons. The number of aromatic nitrogens is 1. The quantitative estimate of drug-likeness (QED) is 0.364. The molecule has 2 N–H and O–H groups in total. The number of rotatable bonds is 6. The van der Waals surface area contributed by atoms with E-state index in [4.69, 9.17) is 26.4 Å². The number of thiocarbonyl (C=S) groups is 1. The van der Waals surface area contributed by atoms with Gasteiger partial charge in [0, 0.05) is 18.8 Å². The van der Waals surface area contributed by atoms with E-state index in [0.717, 1.165) is 5.56 Å². The number of aromatic amines is 1. The number of carbonyl (C=O) groups is 3. The first-order valence-electron chi connectivity index (χ1n) is 10.0. The number of methoxy groups -OCH3 is 1. The predicted octanol–water partition coefficient (Wildman–Crippen LogP) is 2.78. The Bertz CT molecular complexity index is 1200. The number of fused-ring (bicyclic) bond motifs is 1. The lowest BCUT2D eigenvalue weighted by atomic mass is 10.1. The van der Waals surface area contributed by atoms with Crippen LogP contribution in [0, 0.1) is 13.8 Å². The zero-order valence-electron chi connectivity index (χ0n) is 18.1. The molecule has 172 valence electrons.